The first-order valence-electron chi connectivity index (χ1n) is 9.03. The van der Waals surface area contributed by atoms with Gasteiger partial charge in [-0.3, -0.25) is 9.97 Å². The first kappa shape index (κ1) is 23.9. The second-order valence-corrected chi connectivity index (χ2v) is 6.18. The molecule has 1 heterocycles. The molecule has 0 fully saturated rings. The lowest BCUT2D eigenvalue weighted by molar-refractivity contribution is -0.111. The Morgan fingerprint density at radius 2 is 1.44 bits per heavy atom. The average Bonchev–Trinajstić information content (AvgIpc) is 2.71. The van der Waals surface area contributed by atoms with Crippen molar-refractivity contribution in [2.45, 2.75) is 50.3 Å². The number of nitrogens with zero attached hydrogens (tertiary/aromatic N) is 2. The second-order valence-electron chi connectivity index (χ2n) is 6.18. The third-order valence-corrected chi connectivity index (χ3v) is 4.67. The fourth-order valence-corrected chi connectivity index (χ4v) is 3.11. The molecule has 0 bridgehead atoms. The summed E-state index contributed by atoms with van der Waals surface area (Å²) in [4.78, 5) is 9.06. The molecule has 5 unspecified atom stereocenters. The van der Waals surface area contributed by atoms with E-state index in [1.165, 1.54) is 0 Å². The average molecular weight is 386 g/mol. The second kappa shape index (κ2) is 13.1. The summed E-state index contributed by atoms with van der Waals surface area (Å²) >= 11 is 0. The lowest BCUT2D eigenvalue weighted by Gasteiger charge is -2.30. The molecule has 27 heavy (non-hydrogen) atoms. The van der Waals surface area contributed by atoms with Gasteiger partial charge in [-0.05, 0) is 6.42 Å². The summed E-state index contributed by atoms with van der Waals surface area (Å²) in [6, 6.07) is 0. The summed E-state index contributed by atoms with van der Waals surface area (Å²) in [5.74, 6) is 0. The number of hydrogen-bond donors (Lipinski definition) is 0. The zero-order valence-corrected chi connectivity index (χ0v) is 17.5. The van der Waals surface area contributed by atoms with Crippen LogP contribution in [0.25, 0.3) is 0 Å². The number of rotatable bonds is 14. The molecule has 0 aliphatic heterocycles. The van der Waals surface area contributed by atoms with Gasteiger partial charge in [0.25, 0.3) is 0 Å². The van der Waals surface area contributed by atoms with Crippen molar-refractivity contribution in [3.05, 3.63) is 23.8 Å². The van der Waals surface area contributed by atoms with Crippen LogP contribution in [0, 0.1) is 0 Å². The van der Waals surface area contributed by atoms with Gasteiger partial charge in [0.15, 0.2) is 0 Å². The maximum atomic E-state index is 5.64. The number of methoxy groups -OCH3 is 6. The van der Waals surface area contributed by atoms with E-state index in [2.05, 4.69) is 9.97 Å². The molecular formula is C19H34N2O6. The van der Waals surface area contributed by atoms with Gasteiger partial charge in [-0.15, -0.1) is 0 Å². The minimum atomic E-state index is -0.375. The Morgan fingerprint density at radius 3 is 1.85 bits per heavy atom. The van der Waals surface area contributed by atoms with E-state index in [1.807, 2.05) is 6.92 Å². The van der Waals surface area contributed by atoms with Crippen LogP contribution in [0.15, 0.2) is 12.4 Å². The van der Waals surface area contributed by atoms with Gasteiger partial charge in [0.2, 0.25) is 0 Å². The van der Waals surface area contributed by atoms with Gasteiger partial charge >= 0.3 is 0 Å². The highest BCUT2D eigenvalue weighted by atomic mass is 16.6. The SMILES string of the molecule is CCC(OC)C(OC)C(OC)c1cnc(CC(OC)C(COC)OC)cn1. The van der Waals surface area contributed by atoms with Crippen LogP contribution >= 0.6 is 0 Å². The summed E-state index contributed by atoms with van der Waals surface area (Å²) in [7, 11) is 9.85. The van der Waals surface area contributed by atoms with Crippen molar-refractivity contribution < 1.29 is 28.4 Å². The van der Waals surface area contributed by atoms with E-state index in [1.54, 1.807) is 55.1 Å². The van der Waals surface area contributed by atoms with Crippen LogP contribution in [0.5, 0.6) is 0 Å². The fourth-order valence-electron chi connectivity index (χ4n) is 3.11. The molecule has 0 saturated heterocycles. The van der Waals surface area contributed by atoms with Crippen LogP contribution in [0.2, 0.25) is 0 Å². The fraction of sp³-hybridized carbons (Fsp3) is 0.789. The van der Waals surface area contributed by atoms with E-state index < -0.39 is 0 Å². The summed E-state index contributed by atoms with van der Waals surface area (Å²) in [6.07, 6.45) is 3.68. The summed E-state index contributed by atoms with van der Waals surface area (Å²) in [6.45, 7) is 2.48. The highest BCUT2D eigenvalue weighted by Crippen LogP contribution is 2.25. The first-order chi connectivity index (χ1) is 13.1. The predicted octanol–water partition coefficient (Wildman–Crippen LogP) is 1.82. The highest BCUT2D eigenvalue weighted by Gasteiger charge is 2.31. The molecule has 0 N–H and O–H groups in total. The van der Waals surface area contributed by atoms with Crippen LogP contribution in [0.1, 0.15) is 30.8 Å². The van der Waals surface area contributed by atoms with Crippen molar-refractivity contribution in [3.8, 4) is 0 Å². The van der Waals surface area contributed by atoms with E-state index >= 15 is 0 Å². The molecular weight excluding hydrogens is 352 g/mol. The molecule has 156 valence electrons. The number of ether oxygens (including phenoxy) is 6. The lowest BCUT2D eigenvalue weighted by atomic mass is 10.0. The maximum absolute atomic E-state index is 5.64. The minimum Gasteiger partial charge on any atom is -0.382 e. The monoisotopic (exact) mass is 386 g/mol. The molecule has 0 aromatic carbocycles. The Balaban J connectivity index is 2.91. The van der Waals surface area contributed by atoms with Gasteiger partial charge in [0.05, 0.1) is 36.4 Å². The third-order valence-electron chi connectivity index (χ3n) is 4.67. The Labute approximate surface area is 162 Å². The first-order valence-corrected chi connectivity index (χ1v) is 9.03. The van der Waals surface area contributed by atoms with Crippen molar-refractivity contribution in [2.24, 2.45) is 0 Å². The van der Waals surface area contributed by atoms with E-state index in [4.69, 9.17) is 28.4 Å². The summed E-state index contributed by atoms with van der Waals surface area (Å²) in [5.41, 5.74) is 1.49. The molecule has 1 aromatic heterocycles. The lowest BCUT2D eigenvalue weighted by Crippen LogP contribution is -2.37. The topological polar surface area (TPSA) is 81.2 Å². The van der Waals surface area contributed by atoms with E-state index in [9.17, 15) is 0 Å². The van der Waals surface area contributed by atoms with Crippen molar-refractivity contribution >= 4 is 0 Å². The number of aromatic nitrogens is 2. The van der Waals surface area contributed by atoms with Gasteiger partial charge in [-0.2, -0.15) is 0 Å². The Morgan fingerprint density at radius 1 is 0.778 bits per heavy atom. The van der Waals surface area contributed by atoms with Crippen LogP contribution < -0.4 is 0 Å². The molecule has 8 nitrogen and oxygen atoms in total. The molecule has 8 heteroatoms. The van der Waals surface area contributed by atoms with Crippen molar-refractivity contribution in [2.75, 3.05) is 49.3 Å². The van der Waals surface area contributed by atoms with Gasteiger partial charge in [0, 0.05) is 55.3 Å². The standard InChI is InChI=1S/C19H34N2O6/c1-8-15(23-3)19(27-7)18(26-6)14-11-20-13(10-21-14)9-16(24-4)17(25-5)12-22-2/h10-11,15-19H,8-9,12H2,1-7H3. The number of hydrogen-bond acceptors (Lipinski definition) is 8. The zero-order chi connectivity index (χ0) is 20.2. The van der Waals surface area contributed by atoms with E-state index in [0.29, 0.717) is 18.7 Å². The van der Waals surface area contributed by atoms with Gasteiger partial charge < -0.3 is 28.4 Å². The Kier molecular flexibility index (Phi) is 11.6. The molecule has 5 atom stereocenters. The smallest absolute Gasteiger partial charge is 0.129 e. The largest absolute Gasteiger partial charge is 0.382 e. The maximum Gasteiger partial charge on any atom is 0.129 e. The molecule has 0 radical (unpaired) electrons. The molecule has 0 spiro atoms. The quantitative estimate of drug-likeness (QED) is 0.479. The molecule has 0 saturated carbocycles. The van der Waals surface area contributed by atoms with E-state index in [0.717, 1.165) is 12.1 Å². The Bertz CT molecular complexity index is 497. The van der Waals surface area contributed by atoms with Gasteiger partial charge in [-0.25, -0.2) is 0 Å². The van der Waals surface area contributed by atoms with Crippen molar-refractivity contribution in [3.63, 3.8) is 0 Å². The van der Waals surface area contributed by atoms with E-state index in [-0.39, 0.29) is 30.5 Å². The molecule has 0 aliphatic rings. The normalized spacial score (nSPS) is 17.3. The van der Waals surface area contributed by atoms with Crippen molar-refractivity contribution in [1.29, 1.82) is 0 Å². The summed E-state index contributed by atoms with van der Waals surface area (Å²) < 4.78 is 32.9. The van der Waals surface area contributed by atoms with Crippen LogP contribution in [0.3, 0.4) is 0 Å². The third kappa shape index (κ3) is 6.74. The highest BCUT2D eigenvalue weighted by molar-refractivity contribution is 5.09. The van der Waals surface area contributed by atoms with Gasteiger partial charge in [0.1, 0.15) is 18.3 Å². The summed E-state index contributed by atoms with van der Waals surface area (Å²) in [5, 5.41) is 0. The van der Waals surface area contributed by atoms with Crippen LogP contribution in [-0.2, 0) is 34.8 Å². The van der Waals surface area contributed by atoms with Gasteiger partial charge in [-0.1, -0.05) is 6.92 Å². The van der Waals surface area contributed by atoms with Crippen molar-refractivity contribution in [1.82, 2.24) is 9.97 Å². The molecule has 0 aliphatic carbocycles. The molecule has 1 rings (SSSR count). The van der Waals surface area contributed by atoms with Crippen LogP contribution in [0.4, 0.5) is 0 Å². The molecule has 1 aromatic rings. The predicted molar refractivity (Wildman–Crippen MR) is 101 cm³/mol. The minimum absolute atomic E-state index is 0.101. The molecule has 0 amide bonds. The van der Waals surface area contributed by atoms with Crippen LogP contribution in [-0.4, -0.2) is 83.6 Å². The Hall–Kier alpha value is -1.16. The zero-order valence-electron chi connectivity index (χ0n) is 17.5.